The summed E-state index contributed by atoms with van der Waals surface area (Å²) in [6.07, 6.45) is 3.40. The molecule has 2 heteroatoms. The van der Waals surface area contributed by atoms with Crippen LogP contribution in [0.3, 0.4) is 0 Å². The van der Waals surface area contributed by atoms with E-state index < -0.39 is 0 Å². The zero-order valence-corrected chi connectivity index (χ0v) is 9.45. The van der Waals surface area contributed by atoms with E-state index in [4.69, 9.17) is 0 Å². The molecular formula is C11H11IO. The lowest BCUT2D eigenvalue weighted by molar-refractivity contribution is 0.0855. The second-order valence-corrected chi connectivity index (χ2v) is 4.74. The van der Waals surface area contributed by atoms with E-state index >= 15 is 0 Å². The Labute approximate surface area is 91.7 Å². The molecule has 0 spiro atoms. The summed E-state index contributed by atoms with van der Waals surface area (Å²) >= 11 is 2.25. The van der Waals surface area contributed by atoms with Gasteiger partial charge in [0.1, 0.15) is 0 Å². The fraction of sp³-hybridized carbons (Fsp3) is 0.364. The lowest BCUT2D eigenvalue weighted by atomic mass is 9.80. The second kappa shape index (κ2) is 3.78. The van der Waals surface area contributed by atoms with E-state index in [9.17, 15) is 4.79 Å². The van der Waals surface area contributed by atoms with Crippen molar-refractivity contribution >= 4 is 28.4 Å². The van der Waals surface area contributed by atoms with Crippen LogP contribution in [-0.2, 0) is 0 Å². The van der Waals surface area contributed by atoms with E-state index in [2.05, 4.69) is 22.6 Å². The first kappa shape index (κ1) is 9.19. The molecule has 0 bridgehead atoms. The summed E-state index contributed by atoms with van der Waals surface area (Å²) < 4.78 is 1.18. The third-order valence-electron chi connectivity index (χ3n) is 2.60. The molecule has 1 aromatic carbocycles. The van der Waals surface area contributed by atoms with Crippen LogP contribution >= 0.6 is 22.6 Å². The minimum absolute atomic E-state index is 0.320. The van der Waals surface area contributed by atoms with Crippen molar-refractivity contribution in [1.29, 1.82) is 0 Å². The molecule has 0 atom stereocenters. The monoisotopic (exact) mass is 286 g/mol. The number of benzene rings is 1. The second-order valence-electron chi connectivity index (χ2n) is 3.50. The summed E-state index contributed by atoms with van der Waals surface area (Å²) in [5.74, 6) is 0.655. The predicted molar refractivity (Wildman–Crippen MR) is 60.8 cm³/mol. The zero-order valence-electron chi connectivity index (χ0n) is 7.29. The van der Waals surface area contributed by atoms with Crippen LogP contribution in [-0.4, -0.2) is 5.78 Å². The number of carbonyl (C=O) groups is 1. The minimum atomic E-state index is 0.320. The Morgan fingerprint density at radius 3 is 2.31 bits per heavy atom. The summed E-state index contributed by atoms with van der Waals surface area (Å²) in [7, 11) is 0. The van der Waals surface area contributed by atoms with Crippen molar-refractivity contribution in [2.24, 2.45) is 5.92 Å². The molecule has 0 unspecified atom stereocenters. The van der Waals surface area contributed by atoms with E-state index in [1.54, 1.807) is 0 Å². The zero-order chi connectivity index (χ0) is 9.26. The van der Waals surface area contributed by atoms with Crippen LogP contribution in [0.4, 0.5) is 0 Å². The molecule has 68 valence electrons. The lowest BCUT2D eigenvalue weighted by Crippen LogP contribution is -2.21. The van der Waals surface area contributed by atoms with Crippen LogP contribution in [0, 0.1) is 9.49 Å². The van der Waals surface area contributed by atoms with E-state index in [0.29, 0.717) is 11.7 Å². The third kappa shape index (κ3) is 1.93. The Balaban J connectivity index is 2.15. The fourth-order valence-electron chi connectivity index (χ4n) is 1.52. The maximum atomic E-state index is 11.7. The highest BCUT2D eigenvalue weighted by Crippen LogP contribution is 2.29. The Hall–Kier alpha value is -0.380. The Morgan fingerprint density at radius 2 is 1.85 bits per heavy atom. The van der Waals surface area contributed by atoms with Gasteiger partial charge in [-0.3, -0.25) is 4.79 Å². The van der Waals surface area contributed by atoms with Gasteiger partial charge in [-0.25, -0.2) is 0 Å². The first-order valence-electron chi connectivity index (χ1n) is 4.57. The fourth-order valence-corrected chi connectivity index (χ4v) is 1.88. The van der Waals surface area contributed by atoms with Crippen molar-refractivity contribution in [2.45, 2.75) is 19.3 Å². The van der Waals surface area contributed by atoms with Crippen LogP contribution in [0.1, 0.15) is 29.6 Å². The molecule has 1 nitrogen and oxygen atoms in total. The molecule has 0 N–H and O–H groups in total. The summed E-state index contributed by atoms with van der Waals surface area (Å²) in [5, 5.41) is 0. The highest BCUT2D eigenvalue weighted by atomic mass is 127. The minimum Gasteiger partial charge on any atom is -0.294 e. The number of ketones is 1. The molecule has 0 aliphatic heterocycles. The molecule has 13 heavy (non-hydrogen) atoms. The quantitative estimate of drug-likeness (QED) is 0.602. The van der Waals surface area contributed by atoms with Crippen LogP contribution in [0.15, 0.2) is 24.3 Å². The van der Waals surface area contributed by atoms with Crippen molar-refractivity contribution in [3.05, 3.63) is 33.4 Å². The predicted octanol–water partition coefficient (Wildman–Crippen LogP) is 3.27. The van der Waals surface area contributed by atoms with Gasteiger partial charge in [-0.2, -0.15) is 0 Å². The van der Waals surface area contributed by atoms with Crippen molar-refractivity contribution in [3.8, 4) is 0 Å². The Bertz CT molecular complexity index is 311. The van der Waals surface area contributed by atoms with Crippen LogP contribution in [0.2, 0.25) is 0 Å². The van der Waals surface area contributed by atoms with Crippen LogP contribution < -0.4 is 0 Å². The average Bonchev–Trinajstić information content (AvgIpc) is 2.02. The van der Waals surface area contributed by atoms with Gasteiger partial charge in [0.2, 0.25) is 0 Å². The van der Waals surface area contributed by atoms with E-state index in [-0.39, 0.29) is 0 Å². The normalized spacial score (nSPS) is 16.7. The molecule has 1 fully saturated rings. The third-order valence-corrected chi connectivity index (χ3v) is 3.32. The number of halogens is 1. The molecule has 1 aliphatic rings. The number of carbonyl (C=O) groups excluding carboxylic acids is 1. The van der Waals surface area contributed by atoms with Crippen molar-refractivity contribution in [3.63, 3.8) is 0 Å². The lowest BCUT2D eigenvalue weighted by Gasteiger charge is -2.23. The Kier molecular flexibility index (Phi) is 2.67. The Morgan fingerprint density at radius 1 is 1.23 bits per heavy atom. The van der Waals surface area contributed by atoms with E-state index in [1.165, 1.54) is 9.99 Å². The smallest absolute Gasteiger partial charge is 0.165 e. The molecule has 0 saturated heterocycles. The molecule has 0 heterocycles. The largest absolute Gasteiger partial charge is 0.294 e. The van der Waals surface area contributed by atoms with Gasteiger partial charge in [0.05, 0.1) is 0 Å². The number of rotatable bonds is 2. The van der Waals surface area contributed by atoms with Gasteiger partial charge < -0.3 is 0 Å². The van der Waals surface area contributed by atoms with E-state index in [1.807, 2.05) is 24.3 Å². The molecule has 1 saturated carbocycles. The van der Waals surface area contributed by atoms with Gasteiger partial charge in [0.25, 0.3) is 0 Å². The summed E-state index contributed by atoms with van der Waals surface area (Å²) in [6, 6.07) is 7.85. The first-order chi connectivity index (χ1) is 6.27. The summed E-state index contributed by atoms with van der Waals surface area (Å²) in [5.41, 5.74) is 0.880. The molecule has 2 rings (SSSR count). The van der Waals surface area contributed by atoms with Crippen LogP contribution in [0.5, 0.6) is 0 Å². The summed E-state index contributed by atoms with van der Waals surface area (Å²) in [6.45, 7) is 0. The van der Waals surface area contributed by atoms with Crippen molar-refractivity contribution < 1.29 is 4.79 Å². The molecule has 0 amide bonds. The SMILES string of the molecule is O=C(c1ccc(I)cc1)C1CCC1. The highest BCUT2D eigenvalue weighted by Gasteiger charge is 2.25. The topological polar surface area (TPSA) is 17.1 Å². The maximum absolute atomic E-state index is 11.7. The summed E-state index contributed by atoms with van der Waals surface area (Å²) in [4.78, 5) is 11.7. The average molecular weight is 286 g/mol. The van der Waals surface area contributed by atoms with Gasteiger partial charge in [-0.1, -0.05) is 18.6 Å². The molecular weight excluding hydrogens is 275 g/mol. The van der Waals surface area contributed by atoms with E-state index in [0.717, 1.165) is 18.4 Å². The van der Waals surface area contributed by atoms with Gasteiger partial charge in [-0.15, -0.1) is 0 Å². The van der Waals surface area contributed by atoms with Gasteiger partial charge in [-0.05, 0) is 47.6 Å². The molecule has 0 radical (unpaired) electrons. The molecule has 1 aliphatic carbocycles. The van der Waals surface area contributed by atoms with Gasteiger partial charge in [0.15, 0.2) is 5.78 Å². The standard InChI is InChI=1S/C11H11IO/c12-10-6-4-9(5-7-10)11(13)8-2-1-3-8/h4-8H,1-3H2. The van der Waals surface area contributed by atoms with Crippen molar-refractivity contribution in [2.75, 3.05) is 0 Å². The molecule has 1 aromatic rings. The van der Waals surface area contributed by atoms with Crippen molar-refractivity contribution in [1.82, 2.24) is 0 Å². The number of hydrogen-bond acceptors (Lipinski definition) is 1. The maximum Gasteiger partial charge on any atom is 0.165 e. The van der Waals surface area contributed by atoms with Crippen LogP contribution in [0.25, 0.3) is 0 Å². The van der Waals surface area contributed by atoms with Gasteiger partial charge in [0, 0.05) is 15.1 Å². The van der Waals surface area contributed by atoms with Gasteiger partial charge >= 0.3 is 0 Å². The first-order valence-corrected chi connectivity index (χ1v) is 5.65. The highest BCUT2D eigenvalue weighted by molar-refractivity contribution is 14.1. The number of hydrogen-bond donors (Lipinski definition) is 0. The number of Topliss-reactive ketones (excluding diaryl/α,β-unsaturated/α-hetero) is 1. The molecule has 0 aromatic heterocycles.